The van der Waals surface area contributed by atoms with Crippen LogP contribution in [0.2, 0.25) is 0 Å². The van der Waals surface area contributed by atoms with Gasteiger partial charge >= 0.3 is 6.18 Å². The predicted molar refractivity (Wildman–Crippen MR) is 80.8 cm³/mol. The lowest BCUT2D eigenvalue weighted by atomic mass is 10.1. The standard InChI is InChI=1S/C16H13F3N2O3S/c17-16(18,19)14-4-3-13(8-12(14)9-20)25(22,23)21-6-1-2-15-11(10-21)5-7-24-15/h3-5,7-8H,1-2,6,10H2. The van der Waals surface area contributed by atoms with Crippen LogP contribution in [0.25, 0.3) is 0 Å². The second-order valence-electron chi connectivity index (χ2n) is 5.63. The normalized spacial score (nSPS) is 16.1. The Morgan fingerprint density at radius 1 is 1.24 bits per heavy atom. The molecule has 0 spiro atoms. The Labute approximate surface area is 142 Å². The molecule has 1 aromatic heterocycles. The molecule has 0 atom stereocenters. The van der Waals surface area contributed by atoms with Crippen LogP contribution in [0.3, 0.4) is 0 Å². The van der Waals surface area contributed by atoms with Crippen LogP contribution in [0.4, 0.5) is 13.2 Å². The van der Waals surface area contributed by atoms with Crippen LogP contribution in [0.1, 0.15) is 28.9 Å². The van der Waals surface area contributed by atoms with E-state index in [1.165, 1.54) is 16.6 Å². The maximum atomic E-state index is 12.9. The third-order valence-electron chi connectivity index (χ3n) is 4.05. The van der Waals surface area contributed by atoms with Crippen LogP contribution in [0.15, 0.2) is 39.8 Å². The highest BCUT2D eigenvalue weighted by molar-refractivity contribution is 7.89. The molecule has 0 radical (unpaired) electrons. The van der Waals surface area contributed by atoms with Crippen molar-refractivity contribution in [1.29, 1.82) is 5.26 Å². The number of aryl methyl sites for hydroxylation is 1. The van der Waals surface area contributed by atoms with Gasteiger partial charge in [-0.3, -0.25) is 0 Å². The van der Waals surface area contributed by atoms with Crippen LogP contribution in [-0.4, -0.2) is 19.3 Å². The number of alkyl halides is 3. The molecule has 9 heteroatoms. The van der Waals surface area contributed by atoms with Crippen LogP contribution in [0, 0.1) is 11.3 Å². The van der Waals surface area contributed by atoms with Gasteiger partial charge in [0.2, 0.25) is 10.0 Å². The molecule has 0 N–H and O–H groups in total. The highest BCUT2D eigenvalue weighted by Crippen LogP contribution is 2.34. The van der Waals surface area contributed by atoms with E-state index in [0.29, 0.717) is 24.7 Å². The summed E-state index contributed by atoms with van der Waals surface area (Å²) >= 11 is 0. The molecular formula is C16H13F3N2O3S. The molecule has 1 aromatic carbocycles. The van der Waals surface area contributed by atoms with E-state index in [1.54, 1.807) is 6.07 Å². The molecule has 0 aliphatic carbocycles. The summed E-state index contributed by atoms with van der Waals surface area (Å²) in [6.07, 6.45) is -2.12. The molecule has 2 heterocycles. The smallest absolute Gasteiger partial charge is 0.417 e. The van der Waals surface area contributed by atoms with Crippen molar-refractivity contribution < 1.29 is 26.0 Å². The molecule has 0 fully saturated rings. The number of sulfonamides is 1. The summed E-state index contributed by atoms with van der Waals surface area (Å²) < 4.78 is 70.7. The fraction of sp³-hybridized carbons (Fsp3) is 0.312. The van der Waals surface area contributed by atoms with E-state index in [4.69, 9.17) is 9.68 Å². The van der Waals surface area contributed by atoms with Crippen molar-refractivity contribution in [2.45, 2.75) is 30.5 Å². The first kappa shape index (κ1) is 17.5. The molecule has 25 heavy (non-hydrogen) atoms. The van der Waals surface area contributed by atoms with Crippen LogP contribution in [-0.2, 0) is 29.2 Å². The van der Waals surface area contributed by atoms with Crippen molar-refractivity contribution in [3.8, 4) is 6.07 Å². The number of hydrogen-bond acceptors (Lipinski definition) is 4. The van der Waals surface area contributed by atoms with E-state index in [1.807, 2.05) is 0 Å². The summed E-state index contributed by atoms with van der Waals surface area (Å²) in [5.41, 5.74) is -1.14. The lowest BCUT2D eigenvalue weighted by Crippen LogP contribution is -2.31. The summed E-state index contributed by atoms with van der Waals surface area (Å²) in [4.78, 5) is -0.330. The Morgan fingerprint density at radius 2 is 2.00 bits per heavy atom. The zero-order valence-electron chi connectivity index (χ0n) is 12.9. The minimum Gasteiger partial charge on any atom is -0.469 e. The molecule has 5 nitrogen and oxygen atoms in total. The minimum absolute atomic E-state index is 0.0804. The first-order valence-corrected chi connectivity index (χ1v) is 8.84. The van der Waals surface area contributed by atoms with Gasteiger partial charge in [-0.25, -0.2) is 8.42 Å². The fourth-order valence-corrected chi connectivity index (χ4v) is 4.27. The van der Waals surface area contributed by atoms with E-state index in [9.17, 15) is 21.6 Å². The lowest BCUT2D eigenvalue weighted by Gasteiger charge is -2.20. The Kier molecular flexibility index (Phi) is 4.34. The van der Waals surface area contributed by atoms with Crippen molar-refractivity contribution in [3.63, 3.8) is 0 Å². The van der Waals surface area contributed by atoms with E-state index in [2.05, 4.69) is 0 Å². The van der Waals surface area contributed by atoms with Gasteiger partial charge in [0.15, 0.2) is 0 Å². The Morgan fingerprint density at radius 3 is 2.68 bits per heavy atom. The van der Waals surface area contributed by atoms with E-state index < -0.39 is 27.3 Å². The Hall–Kier alpha value is -2.31. The van der Waals surface area contributed by atoms with Crippen molar-refractivity contribution in [2.75, 3.05) is 6.54 Å². The summed E-state index contributed by atoms with van der Waals surface area (Å²) in [6, 6.07) is 5.40. The average Bonchev–Trinajstić information content (AvgIpc) is 2.89. The largest absolute Gasteiger partial charge is 0.469 e. The number of fused-ring (bicyclic) bond motifs is 1. The molecule has 1 aliphatic rings. The molecule has 0 saturated carbocycles. The number of nitriles is 1. The van der Waals surface area contributed by atoms with Gasteiger partial charge in [-0.2, -0.15) is 22.7 Å². The van der Waals surface area contributed by atoms with Gasteiger partial charge in [-0.15, -0.1) is 0 Å². The second kappa shape index (κ2) is 6.20. The van der Waals surface area contributed by atoms with Crippen molar-refractivity contribution in [1.82, 2.24) is 4.31 Å². The van der Waals surface area contributed by atoms with Gasteiger partial charge in [0.05, 0.1) is 28.4 Å². The van der Waals surface area contributed by atoms with Crippen LogP contribution >= 0.6 is 0 Å². The number of rotatable bonds is 2. The molecule has 0 unspecified atom stereocenters. The van der Waals surface area contributed by atoms with Gasteiger partial charge in [0, 0.05) is 25.1 Å². The fourth-order valence-electron chi connectivity index (χ4n) is 2.79. The zero-order chi connectivity index (χ0) is 18.2. The lowest BCUT2D eigenvalue weighted by molar-refractivity contribution is -0.137. The number of benzene rings is 1. The van der Waals surface area contributed by atoms with Crippen molar-refractivity contribution >= 4 is 10.0 Å². The summed E-state index contributed by atoms with van der Waals surface area (Å²) in [5.74, 6) is 0.711. The van der Waals surface area contributed by atoms with Gasteiger partial charge in [-0.05, 0) is 30.7 Å². The summed E-state index contributed by atoms with van der Waals surface area (Å²) in [5, 5.41) is 8.96. The Balaban J connectivity index is 1.99. The molecule has 0 saturated heterocycles. The van der Waals surface area contributed by atoms with Crippen molar-refractivity contribution in [2.24, 2.45) is 0 Å². The molecule has 132 valence electrons. The number of furan rings is 1. The second-order valence-corrected chi connectivity index (χ2v) is 7.57. The number of hydrogen-bond donors (Lipinski definition) is 0. The maximum absolute atomic E-state index is 12.9. The average molecular weight is 370 g/mol. The van der Waals surface area contributed by atoms with Crippen LogP contribution < -0.4 is 0 Å². The van der Waals surface area contributed by atoms with E-state index in [0.717, 1.165) is 17.7 Å². The minimum atomic E-state index is -4.72. The van der Waals surface area contributed by atoms with Gasteiger partial charge < -0.3 is 4.42 Å². The zero-order valence-corrected chi connectivity index (χ0v) is 13.7. The van der Waals surface area contributed by atoms with Crippen molar-refractivity contribution in [3.05, 3.63) is 53.0 Å². The SMILES string of the molecule is N#Cc1cc(S(=O)(=O)N2CCCc3occc3C2)ccc1C(F)(F)F. The monoisotopic (exact) mass is 370 g/mol. The highest BCUT2D eigenvalue weighted by Gasteiger charge is 2.35. The predicted octanol–water partition coefficient (Wildman–Crippen LogP) is 3.31. The molecule has 0 bridgehead atoms. The maximum Gasteiger partial charge on any atom is 0.417 e. The van der Waals surface area contributed by atoms with Gasteiger partial charge in [-0.1, -0.05) is 0 Å². The number of halogens is 3. The molecule has 3 rings (SSSR count). The van der Waals surface area contributed by atoms with Gasteiger partial charge in [0.1, 0.15) is 5.76 Å². The van der Waals surface area contributed by atoms with Crippen LogP contribution in [0.5, 0.6) is 0 Å². The molecule has 2 aromatic rings. The molecule has 0 amide bonds. The van der Waals surface area contributed by atoms with E-state index >= 15 is 0 Å². The highest BCUT2D eigenvalue weighted by atomic mass is 32.2. The summed E-state index contributed by atoms with van der Waals surface area (Å²) in [6.45, 7) is 0.298. The third-order valence-corrected chi connectivity index (χ3v) is 5.89. The number of nitrogens with zero attached hydrogens (tertiary/aromatic N) is 2. The van der Waals surface area contributed by atoms with E-state index in [-0.39, 0.29) is 18.0 Å². The quantitative estimate of drug-likeness (QED) is 0.813. The molecular weight excluding hydrogens is 357 g/mol. The third kappa shape index (κ3) is 3.27. The topological polar surface area (TPSA) is 74.3 Å². The van der Waals surface area contributed by atoms with Gasteiger partial charge in [0.25, 0.3) is 0 Å². The first-order valence-electron chi connectivity index (χ1n) is 7.40. The Bertz CT molecular complexity index is 942. The first-order chi connectivity index (χ1) is 11.7. The summed E-state index contributed by atoms with van der Waals surface area (Å²) in [7, 11) is -4.03. The molecule has 1 aliphatic heterocycles.